The monoisotopic (exact) mass is 462 g/mol. The van der Waals surface area contributed by atoms with Crippen molar-refractivity contribution in [2.24, 2.45) is 0 Å². The van der Waals surface area contributed by atoms with Crippen LogP contribution in [0.2, 0.25) is 0 Å². The van der Waals surface area contributed by atoms with Gasteiger partial charge in [-0.25, -0.2) is 5.06 Å². The Hall–Kier alpha value is -3.98. The normalized spacial score (nSPS) is 18.0. The average Bonchev–Trinajstić information content (AvgIpc) is 2.80. The maximum absolute atomic E-state index is 12.9. The van der Waals surface area contributed by atoms with Crippen LogP contribution in [0.25, 0.3) is 10.9 Å². The minimum Gasteiger partial charge on any atom is -0.489 e. The van der Waals surface area contributed by atoms with Crippen molar-refractivity contribution in [3.63, 3.8) is 0 Å². The van der Waals surface area contributed by atoms with Crippen molar-refractivity contribution in [3.8, 4) is 5.75 Å². The number of amides is 3. The van der Waals surface area contributed by atoms with E-state index in [1.807, 2.05) is 37.3 Å². The lowest BCUT2D eigenvalue weighted by molar-refractivity contribution is -0.175. The van der Waals surface area contributed by atoms with E-state index in [9.17, 15) is 19.6 Å². The third-order valence-corrected chi connectivity index (χ3v) is 5.70. The number of ether oxygens (including phenoxy) is 1. The molecule has 2 aromatic carbocycles. The number of benzene rings is 2. The van der Waals surface area contributed by atoms with Crippen molar-refractivity contribution in [3.05, 3.63) is 71.4 Å². The van der Waals surface area contributed by atoms with Gasteiger partial charge in [-0.15, -0.1) is 0 Å². The number of aryl methyl sites for hydroxylation is 1. The van der Waals surface area contributed by atoms with Gasteiger partial charge in [0.15, 0.2) is 0 Å². The summed E-state index contributed by atoms with van der Waals surface area (Å²) in [6, 6.07) is 16.5. The molecule has 1 aliphatic rings. The molecule has 1 atom stereocenters. The quantitative estimate of drug-likeness (QED) is 0.383. The maximum atomic E-state index is 12.9. The number of para-hydroxylation sites is 1. The molecular weight excluding hydrogens is 436 g/mol. The molecule has 1 saturated heterocycles. The largest absolute Gasteiger partial charge is 0.489 e. The molecule has 0 aliphatic carbocycles. The van der Waals surface area contributed by atoms with Crippen LogP contribution in [0.15, 0.2) is 54.6 Å². The summed E-state index contributed by atoms with van der Waals surface area (Å²) in [6.07, 6.45) is -0.0591. The van der Waals surface area contributed by atoms with Gasteiger partial charge in [0.05, 0.1) is 18.5 Å². The highest BCUT2D eigenvalue weighted by molar-refractivity contribution is 5.95. The number of hydrogen-bond donors (Lipinski definition) is 3. The highest BCUT2D eigenvalue weighted by atomic mass is 16.5. The number of carbonyl (C=O) groups excluding carboxylic acids is 3. The number of fused-ring (bicyclic) bond motifs is 1. The summed E-state index contributed by atoms with van der Waals surface area (Å²) in [7, 11) is 0. The van der Waals surface area contributed by atoms with Gasteiger partial charge in [0.2, 0.25) is 11.8 Å². The molecule has 34 heavy (non-hydrogen) atoms. The number of pyridine rings is 1. The summed E-state index contributed by atoms with van der Waals surface area (Å²) < 4.78 is 5.94. The summed E-state index contributed by atoms with van der Waals surface area (Å²) >= 11 is 0. The molecule has 0 spiro atoms. The van der Waals surface area contributed by atoms with Crippen molar-refractivity contribution in [1.82, 2.24) is 20.7 Å². The fraction of sp³-hybridized carbons (Fsp3) is 0.280. The number of piperidine rings is 1. The molecule has 3 aromatic rings. The summed E-state index contributed by atoms with van der Waals surface area (Å²) in [5, 5.41) is 16.6. The molecular formula is C25H26N4O5. The van der Waals surface area contributed by atoms with Crippen LogP contribution in [-0.4, -0.2) is 45.2 Å². The van der Waals surface area contributed by atoms with Crippen LogP contribution >= 0.6 is 0 Å². The Morgan fingerprint density at radius 1 is 1.15 bits per heavy atom. The molecule has 1 aromatic heterocycles. The molecule has 4 rings (SSSR count). The van der Waals surface area contributed by atoms with Crippen molar-refractivity contribution in [1.29, 1.82) is 0 Å². The minimum atomic E-state index is -1.26. The molecule has 3 amide bonds. The summed E-state index contributed by atoms with van der Waals surface area (Å²) in [4.78, 5) is 41.1. The molecule has 9 nitrogen and oxygen atoms in total. The van der Waals surface area contributed by atoms with E-state index >= 15 is 0 Å². The lowest BCUT2D eigenvalue weighted by atomic mass is 9.96. The molecule has 3 N–H and O–H groups in total. The van der Waals surface area contributed by atoms with E-state index in [2.05, 4.69) is 15.6 Å². The highest BCUT2D eigenvalue weighted by Crippen LogP contribution is 2.23. The van der Waals surface area contributed by atoms with Crippen LogP contribution in [0.3, 0.4) is 0 Å². The van der Waals surface area contributed by atoms with Gasteiger partial charge in [0.25, 0.3) is 5.91 Å². The Balaban J connectivity index is 1.44. The van der Waals surface area contributed by atoms with Gasteiger partial charge in [-0.05, 0) is 43.3 Å². The van der Waals surface area contributed by atoms with Crippen LogP contribution < -0.4 is 15.4 Å². The molecule has 1 aliphatic heterocycles. The van der Waals surface area contributed by atoms with Gasteiger partial charge < -0.3 is 15.4 Å². The lowest BCUT2D eigenvalue weighted by Crippen LogP contribution is -2.65. The zero-order valence-corrected chi connectivity index (χ0v) is 19.0. The molecule has 0 saturated carbocycles. The van der Waals surface area contributed by atoms with Crippen LogP contribution in [0, 0.1) is 6.92 Å². The second-order valence-corrected chi connectivity index (χ2v) is 8.41. The van der Waals surface area contributed by atoms with E-state index in [1.54, 1.807) is 24.3 Å². The number of aromatic nitrogens is 1. The Labute approximate surface area is 196 Å². The van der Waals surface area contributed by atoms with Gasteiger partial charge >= 0.3 is 0 Å². The summed E-state index contributed by atoms with van der Waals surface area (Å²) in [6.45, 7) is 3.59. The number of hydrogen-bond acceptors (Lipinski definition) is 6. The fourth-order valence-corrected chi connectivity index (χ4v) is 4.11. The summed E-state index contributed by atoms with van der Waals surface area (Å²) in [5.74, 6) is -0.823. The third kappa shape index (κ3) is 5.15. The van der Waals surface area contributed by atoms with Crippen LogP contribution in [0.4, 0.5) is 0 Å². The highest BCUT2D eigenvalue weighted by Gasteiger charge is 2.41. The maximum Gasteiger partial charge on any atom is 0.253 e. The molecule has 1 unspecified atom stereocenters. The second-order valence-electron chi connectivity index (χ2n) is 8.41. The van der Waals surface area contributed by atoms with Gasteiger partial charge in [0, 0.05) is 35.6 Å². The van der Waals surface area contributed by atoms with E-state index in [0.29, 0.717) is 23.0 Å². The third-order valence-electron chi connectivity index (χ3n) is 5.70. The van der Waals surface area contributed by atoms with E-state index in [1.165, 1.54) is 6.92 Å². The molecule has 176 valence electrons. The second kappa shape index (κ2) is 9.48. The van der Waals surface area contributed by atoms with Crippen molar-refractivity contribution in [2.45, 2.75) is 39.0 Å². The van der Waals surface area contributed by atoms with E-state index < -0.39 is 17.5 Å². The fourth-order valence-electron chi connectivity index (χ4n) is 4.11. The summed E-state index contributed by atoms with van der Waals surface area (Å²) in [5.41, 5.74) is 1.92. The number of carbonyl (C=O) groups is 3. The Bertz CT molecular complexity index is 1240. The first-order valence-electron chi connectivity index (χ1n) is 10.9. The molecule has 2 heterocycles. The predicted octanol–water partition coefficient (Wildman–Crippen LogP) is 2.70. The number of hydroxylamine groups is 2. The van der Waals surface area contributed by atoms with Gasteiger partial charge in [-0.1, -0.05) is 18.2 Å². The first-order valence-corrected chi connectivity index (χ1v) is 10.9. The molecule has 0 radical (unpaired) electrons. The van der Waals surface area contributed by atoms with E-state index in [0.717, 1.165) is 22.2 Å². The van der Waals surface area contributed by atoms with Crippen molar-refractivity contribution in [2.75, 3.05) is 6.54 Å². The average molecular weight is 463 g/mol. The first-order chi connectivity index (χ1) is 16.2. The van der Waals surface area contributed by atoms with Gasteiger partial charge in [0.1, 0.15) is 18.0 Å². The van der Waals surface area contributed by atoms with Crippen LogP contribution in [0.5, 0.6) is 5.75 Å². The van der Waals surface area contributed by atoms with Gasteiger partial charge in [-0.2, -0.15) is 0 Å². The Morgan fingerprint density at radius 3 is 2.59 bits per heavy atom. The molecule has 0 bridgehead atoms. The topological polar surface area (TPSA) is 121 Å². The smallest absolute Gasteiger partial charge is 0.253 e. The zero-order valence-electron chi connectivity index (χ0n) is 19.0. The first kappa shape index (κ1) is 23.2. The lowest BCUT2D eigenvalue weighted by Gasteiger charge is -2.40. The van der Waals surface area contributed by atoms with Crippen molar-refractivity contribution < 1.29 is 24.3 Å². The predicted molar refractivity (Wildman–Crippen MR) is 124 cm³/mol. The molecule has 1 fully saturated rings. The van der Waals surface area contributed by atoms with Crippen LogP contribution in [0.1, 0.15) is 41.4 Å². The van der Waals surface area contributed by atoms with Crippen molar-refractivity contribution >= 4 is 28.6 Å². The molecule has 9 heteroatoms. The standard InChI is InChI=1S/C25H26N4O5/c1-16-13-19(21-5-3-4-6-22(21)26-16)15-34-20-9-7-18(8-10-20)24(32)28-25(27-17(2)30)11-12-29(33)23(31)14-25/h3-10,13,33H,11-12,14-15H2,1-2H3,(H,27,30)(H,28,32). The number of nitrogens with zero attached hydrogens (tertiary/aromatic N) is 2. The number of nitrogens with one attached hydrogen (secondary N) is 2. The zero-order chi connectivity index (χ0) is 24.3. The van der Waals surface area contributed by atoms with E-state index in [-0.39, 0.29) is 25.3 Å². The SMILES string of the molecule is CC(=O)NC1(NC(=O)c2ccc(OCc3cc(C)nc4ccccc34)cc2)CCN(O)C(=O)C1. The minimum absolute atomic E-state index is 0.00463. The van der Waals surface area contributed by atoms with E-state index in [4.69, 9.17) is 4.74 Å². The Morgan fingerprint density at radius 2 is 1.88 bits per heavy atom. The van der Waals surface area contributed by atoms with Crippen LogP contribution in [-0.2, 0) is 16.2 Å². The number of rotatable bonds is 6. The van der Waals surface area contributed by atoms with Gasteiger partial charge in [-0.3, -0.25) is 24.6 Å². The Kier molecular flexibility index (Phi) is 6.47.